The summed E-state index contributed by atoms with van der Waals surface area (Å²) < 4.78 is 38.1. The lowest BCUT2D eigenvalue weighted by atomic mass is 10.2. The molecule has 5 nitrogen and oxygen atoms in total. The van der Waals surface area contributed by atoms with Crippen molar-refractivity contribution in [3.63, 3.8) is 0 Å². The van der Waals surface area contributed by atoms with Gasteiger partial charge in [0.05, 0.1) is 37.1 Å². The Kier molecular flexibility index (Phi) is 3.92. The molecule has 0 saturated carbocycles. The lowest BCUT2D eigenvalue weighted by Crippen LogP contribution is -2.03. The van der Waals surface area contributed by atoms with E-state index in [1.165, 1.54) is 20.4 Å². The van der Waals surface area contributed by atoms with Gasteiger partial charge in [-0.1, -0.05) is 12.1 Å². The van der Waals surface area contributed by atoms with Gasteiger partial charge in [0.15, 0.2) is 17.4 Å². The van der Waals surface area contributed by atoms with Crippen LogP contribution in [-0.2, 0) is 0 Å². The summed E-state index contributed by atoms with van der Waals surface area (Å²) >= 11 is 0. The molecule has 0 aliphatic heterocycles. The van der Waals surface area contributed by atoms with Gasteiger partial charge in [-0.3, -0.25) is 4.98 Å². The molecular weight excluding hydrogens is 304 g/mol. The average Bonchev–Trinajstić information content (AvgIpc) is 2.57. The van der Waals surface area contributed by atoms with Crippen LogP contribution in [0.3, 0.4) is 0 Å². The minimum Gasteiger partial charge on any atom is -0.490 e. The summed E-state index contributed by atoms with van der Waals surface area (Å²) in [4.78, 5) is 8.51. The molecule has 0 unspecified atom stereocenters. The second-order valence-corrected chi connectivity index (χ2v) is 4.66. The molecular formula is C16H13F2N3O2. The molecule has 1 N–H and O–H groups in total. The summed E-state index contributed by atoms with van der Waals surface area (Å²) in [5.74, 6) is -1.85. The molecule has 0 aliphatic rings. The summed E-state index contributed by atoms with van der Waals surface area (Å²) in [6.45, 7) is 0. The number of ether oxygens (including phenoxy) is 2. The predicted molar refractivity (Wildman–Crippen MR) is 82.3 cm³/mol. The molecule has 0 atom stereocenters. The molecule has 0 amide bonds. The molecule has 0 aliphatic carbocycles. The van der Waals surface area contributed by atoms with Gasteiger partial charge < -0.3 is 14.8 Å². The molecule has 0 radical (unpaired) electrons. The van der Waals surface area contributed by atoms with Crippen molar-refractivity contribution in [1.29, 1.82) is 0 Å². The number of methoxy groups -OCH3 is 2. The van der Waals surface area contributed by atoms with Gasteiger partial charge in [-0.05, 0) is 12.1 Å². The van der Waals surface area contributed by atoms with Crippen molar-refractivity contribution >= 4 is 22.5 Å². The van der Waals surface area contributed by atoms with Crippen LogP contribution in [0.25, 0.3) is 11.0 Å². The van der Waals surface area contributed by atoms with Crippen LogP contribution in [0.5, 0.6) is 11.5 Å². The molecule has 7 heteroatoms. The monoisotopic (exact) mass is 317 g/mol. The largest absolute Gasteiger partial charge is 0.490 e. The van der Waals surface area contributed by atoms with E-state index in [9.17, 15) is 8.78 Å². The van der Waals surface area contributed by atoms with Crippen molar-refractivity contribution in [2.45, 2.75) is 0 Å². The van der Waals surface area contributed by atoms with Gasteiger partial charge in [-0.25, -0.2) is 13.8 Å². The van der Waals surface area contributed by atoms with E-state index in [0.29, 0.717) is 11.0 Å². The number of hydrogen-bond donors (Lipinski definition) is 1. The van der Waals surface area contributed by atoms with E-state index >= 15 is 0 Å². The summed E-state index contributed by atoms with van der Waals surface area (Å²) in [5, 5.41) is 2.71. The number of fused-ring (bicyclic) bond motifs is 1. The fourth-order valence-electron chi connectivity index (χ4n) is 2.20. The SMILES string of the molecule is COc1c(F)cc(Nc2cnc3ccccc3n2)c(F)c1OC. The second-order valence-electron chi connectivity index (χ2n) is 4.66. The Hall–Kier alpha value is -2.96. The second kappa shape index (κ2) is 6.04. The summed E-state index contributed by atoms with van der Waals surface area (Å²) in [7, 11) is 2.47. The topological polar surface area (TPSA) is 56.3 Å². The molecule has 0 fully saturated rings. The maximum atomic E-state index is 14.4. The zero-order valence-corrected chi connectivity index (χ0v) is 12.4. The van der Waals surface area contributed by atoms with Gasteiger partial charge in [0, 0.05) is 6.07 Å². The van der Waals surface area contributed by atoms with Crippen molar-refractivity contribution in [1.82, 2.24) is 9.97 Å². The Morgan fingerprint density at radius 3 is 2.39 bits per heavy atom. The van der Waals surface area contributed by atoms with E-state index in [2.05, 4.69) is 15.3 Å². The first-order chi connectivity index (χ1) is 11.1. The molecule has 0 saturated heterocycles. The third-order valence-corrected chi connectivity index (χ3v) is 3.25. The van der Waals surface area contributed by atoms with E-state index in [-0.39, 0.29) is 23.0 Å². The molecule has 0 spiro atoms. The fraction of sp³-hybridized carbons (Fsp3) is 0.125. The zero-order chi connectivity index (χ0) is 16.4. The summed E-state index contributed by atoms with van der Waals surface area (Å²) in [6.07, 6.45) is 1.44. The van der Waals surface area contributed by atoms with Gasteiger partial charge in [0.25, 0.3) is 0 Å². The fourth-order valence-corrected chi connectivity index (χ4v) is 2.20. The zero-order valence-electron chi connectivity index (χ0n) is 12.4. The predicted octanol–water partition coefficient (Wildman–Crippen LogP) is 3.67. The van der Waals surface area contributed by atoms with Crippen LogP contribution in [0.15, 0.2) is 36.5 Å². The lowest BCUT2D eigenvalue weighted by Gasteiger charge is -2.14. The molecule has 23 heavy (non-hydrogen) atoms. The first-order valence-electron chi connectivity index (χ1n) is 6.73. The van der Waals surface area contributed by atoms with Crippen LogP contribution in [0.1, 0.15) is 0 Å². The number of aromatic nitrogens is 2. The Balaban J connectivity index is 2.03. The van der Waals surface area contributed by atoms with Gasteiger partial charge in [0.1, 0.15) is 5.82 Å². The quantitative estimate of drug-likeness (QED) is 0.795. The highest BCUT2D eigenvalue weighted by molar-refractivity contribution is 5.76. The molecule has 3 aromatic rings. The molecule has 3 rings (SSSR count). The van der Waals surface area contributed by atoms with E-state index < -0.39 is 11.6 Å². The van der Waals surface area contributed by atoms with E-state index in [1.807, 2.05) is 18.2 Å². The lowest BCUT2D eigenvalue weighted by molar-refractivity contribution is 0.323. The van der Waals surface area contributed by atoms with Crippen LogP contribution in [0.4, 0.5) is 20.3 Å². The van der Waals surface area contributed by atoms with Crippen LogP contribution in [-0.4, -0.2) is 24.2 Å². The van der Waals surface area contributed by atoms with Crippen molar-refractivity contribution < 1.29 is 18.3 Å². The Bertz CT molecular complexity index is 871. The molecule has 0 bridgehead atoms. The van der Waals surface area contributed by atoms with E-state index in [0.717, 1.165) is 6.07 Å². The smallest absolute Gasteiger partial charge is 0.202 e. The third kappa shape index (κ3) is 2.73. The molecule has 1 aromatic heterocycles. The number of anilines is 2. The van der Waals surface area contributed by atoms with E-state index in [4.69, 9.17) is 9.47 Å². The van der Waals surface area contributed by atoms with Gasteiger partial charge >= 0.3 is 0 Å². The van der Waals surface area contributed by atoms with Gasteiger partial charge in [0.2, 0.25) is 5.75 Å². The van der Waals surface area contributed by atoms with Crippen molar-refractivity contribution in [3.8, 4) is 11.5 Å². The number of nitrogens with one attached hydrogen (secondary N) is 1. The number of hydrogen-bond acceptors (Lipinski definition) is 5. The third-order valence-electron chi connectivity index (χ3n) is 3.25. The van der Waals surface area contributed by atoms with Crippen LogP contribution < -0.4 is 14.8 Å². The maximum Gasteiger partial charge on any atom is 0.202 e. The van der Waals surface area contributed by atoms with Crippen LogP contribution in [0.2, 0.25) is 0 Å². The van der Waals surface area contributed by atoms with Crippen LogP contribution in [0, 0.1) is 11.6 Å². The number of halogens is 2. The number of rotatable bonds is 4. The Morgan fingerprint density at radius 1 is 1.00 bits per heavy atom. The van der Waals surface area contributed by atoms with Gasteiger partial charge in [-0.2, -0.15) is 0 Å². The number of para-hydroxylation sites is 2. The summed E-state index contributed by atoms with van der Waals surface area (Å²) in [6, 6.07) is 8.22. The Labute approximate surface area is 130 Å². The summed E-state index contributed by atoms with van der Waals surface area (Å²) in [5.41, 5.74) is 1.22. The highest BCUT2D eigenvalue weighted by Gasteiger charge is 2.20. The van der Waals surface area contributed by atoms with Crippen molar-refractivity contribution in [3.05, 3.63) is 48.2 Å². The molecule has 1 heterocycles. The minimum absolute atomic E-state index is 0.121. The first kappa shape index (κ1) is 15.0. The number of benzene rings is 2. The van der Waals surface area contributed by atoms with Crippen molar-refractivity contribution in [2.75, 3.05) is 19.5 Å². The molecule has 2 aromatic carbocycles. The Morgan fingerprint density at radius 2 is 1.70 bits per heavy atom. The highest BCUT2D eigenvalue weighted by Crippen LogP contribution is 2.38. The maximum absolute atomic E-state index is 14.4. The molecule has 118 valence electrons. The minimum atomic E-state index is -0.777. The average molecular weight is 317 g/mol. The normalized spacial score (nSPS) is 10.6. The van der Waals surface area contributed by atoms with Crippen molar-refractivity contribution in [2.24, 2.45) is 0 Å². The van der Waals surface area contributed by atoms with Gasteiger partial charge in [-0.15, -0.1) is 0 Å². The first-order valence-corrected chi connectivity index (χ1v) is 6.73. The standard InChI is InChI=1S/C16H13F2N3O2/c1-22-15-9(17)7-12(14(18)16(15)23-2)21-13-8-19-10-5-3-4-6-11(10)20-13/h3-8H,1-2H3,(H,20,21). The van der Waals surface area contributed by atoms with Crippen LogP contribution >= 0.6 is 0 Å². The van der Waals surface area contributed by atoms with E-state index in [1.54, 1.807) is 6.07 Å². The number of nitrogens with zero attached hydrogens (tertiary/aromatic N) is 2. The highest BCUT2D eigenvalue weighted by atomic mass is 19.1.